The second kappa shape index (κ2) is 12.0. The van der Waals surface area contributed by atoms with Crippen LogP contribution in [0, 0.1) is 11.8 Å². The van der Waals surface area contributed by atoms with E-state index >= 15 is 0 Å². The second-order valence-electron chi connectivity index (χ2n) is 11.4. The molecule has 0 spiro atoms. The van der Waals surface area contributed by atoms with Gasteiger partial charge < -0.3 is 13.9 Å². The minimum atomic E-state index is -1.90. The lowest BCUT2D eigenvalue weighted by Gasteiger charge is -2.49. The quantitative estimate of drug-likeness (QED) is 0.191. The van der Waals surface area contributed by atoms with Gasteiger partial charge in [0.15, 0.2) is 14.2 Å². The van der Waals surface area contributed by atoms with Gasteiger partial charge in [0.2, 0.25) is 0 Å². The molecule has 3 aliphatic rings. The molecule has 0 N–H and O–H groups in total. The van der Waals surface area contributed by atoms with E-state index in [-0.39, 0.29) is 41.0 Å². The fourth-order valence-electron chi connectivity index (χ4n) is 6.87. The molecule has 210 valence electrons. The van der Waals surface area contributed by atoms with Crippen LogP contribution in [0.3, 0.4) is 0 Å². The van der Waals surface area contributed by atoms with Crippen LogP contribution in [0.1, 0.15) is 59.4 Å². The van der Waals surface area contributed by atoms with Crippen molar-refractivity contribution in [3.8, 4) is 5.75 Å². The van der Waals surface area contributed by atoms with Crippen molar-refractivity contribution in [2.24, 2.45) is 11.8 Å². The van der Waals surface area contributed by atoms with Crippen LogP contribution in [0.4, 0.5) is 4.79 Å². The molecule has 3 heterocycles. The number of rotatable bonds is 11. The lowest BCUT2D eigenvalue weighted by molar-refractivity contribution is -0.798. The summed E-state index contributed by atoms with van der Waals surface area (Å²) in [5.41, 5.74) is 2.05. The van der Waals surface area contributed by atoms with E-state index in [1.54, 1.807) is 7.11 Å². The fraction of sp³-hybridized carbons (Fsp3) is 0.667. The zero-order valence-electron chi connectivity index (χ0n) is 24.2. The molecular formula is C30H47N2O5Si+. The monoisotopic (exact) mass is 543 g/mol. The summed E-state index contributed by atoms with van der Waals surface area (Å²) in [5.74, 6) is 0.487. The van der Waals surface area contributed by atoms with Crippen molar-refractivity contribution >= 4 is 20.3 Å². The molecule has 4 rings (SSSR count). The van der Waals surface area contributed by atoms with E-state index < -0.39 is 14.4 Å². The maximum atomic E-state index is 14.0. The Bertz CT molecular complexity index is 1010. The number of hydrogen-bond donors (Lipinski definition) is 0. The van der Waals surface area contributed by atoms with Gasteiger partial charge in [-0.2, -0.15) is 4.79 Å². The average molecular weight is 544 g/mol. The van der Waals surface area contributed by atoms with Gasteiger partial charge in [-0.25, -0.2) is 4.79 Å². The number of piperidine rings is 1. The number of carbonyl (C=O) groups is 2. The fourth-order valence-corrected chi connectivity index (χ4v) is 9.80. The van der Waals surface area contributed by atoms with Gasteiger partial charge in [0, 0.05) is 18.0 Å². The smallest absolute Gasteiger partial charge is 0.497 e. The van der Waals surface area contributed by atoms with Gasteiger partial charge in [0.05, 0.1) is 13.2 Å². The van der Waals surface area contributed by atoms with Crippen molar-refractivity contribution < 1.29 is 28.0 Å². The summed E-state index contributed by atoms with van der Waals surface area (Å²) in [4.78, 5) is 30.2. The lowest BCUT2D eigenvalue weighted by Crippen LogP contribution is -2.76. The minimum absolute atomic E-state index is 0.0751. The second-order valence-corrected chi connectivity index (χ2v) is 16.2. The van der Waals surface area contributed by atoms with E-state index in [0.29, 0.717) is 0 Å². The van der Waals surface area contributed by atoms with Crippen LogP contribution in [-0.4, -0.2) is 68.6 Å². The van der Waals surface area contributed by atoms with Crippen LogP contribution >= 0.6 is 0 Å². The predicted octanol–water partition coefficient (Wildman–Crippen LogP) is 6.10. The van der Waals surface area contributed by atoms with Gasteiger partial charge in [0.1, 0.15) is 24.6 Å². The zero-order chi connectivity index (χ0) is 27.5. The first kappa shape index (κ1) is 29.0. The van der Waals surface area contributed by atoms with E-state index in [9.17, 15) is 9.59 Å². The number of quaternary nitrogens is 1. The Morgan fingerprint density at radius 2 is 1.71 bits per heavy atom. The van der Waals surface area contributed by atoms with Crippen LogP contribution in [-0.2, 0) is 20.6 Å². The Labute approximate surface area is 229 Å². The molecule has 0 radical (unpaired) electrons. The molecule has 2 fully saturated rings. The maximum Gasteiger partial charge on any atom is 0.529 e. The number of β-lactam (4-membered cyclic amide) rings is 1. The van der Waals surface area contributed by atoms with Gasteiger partial charge in [-0.1, -0.05) is 46.2 Å². The number of benzene rings is 1. The van der Waals surface area contributed by atoms with Crippen molar-refractivity contribution in [1.82, 2.24) is 4.90 Å². The molecule has 38 heavy (non-hydrogen) atoms. The molecule has 2 unspecified atom stereocenters. The van der Waals surface area contributed by atoms with Gasteiger partial charge >= 0.3 is 12.0 Å². The number of fused-ring (bicyclic) bond motifs is 1. The van der Waals surface area contributed by atoms with Crippen molar-refractivity contribution in [3.05, 3.63) is 41.6 Å². The molecule has 0 aliphatic carbocycles. The Kier molecular flexibility index (Phi) is 9.17. The van der Waals surface area contributed by atoms with Crippen molar-refractivity contribution in [2.75, 3.05) is 26.7 Å². The summed E-state index contributed by atoms with van der Waals surface area (Å²) < 4.78 is 17.5. The van der Waals surface area contributed by atoms with Gasteiger partial charge in [-0.05, 0) is 68.7 Å². The molecule has 5 atom stereocenters. The number of ether oxygens (including phenoxy) is 2. The first-order chi connectivity index (χ1) is 18.2. The van der Waals surface area contributed by atoms with E-state index in [1.807, 2.05) is 30.5 Å². The molecule has 1 aromatic carbocycles. The lowest BCUT2D eigenvalue weighted by atomic mass is 9.75. The van der Waals surface area contributed by atoms with Crippen LogP contribution in [0.5, 0.6) is 5.75 Å². The molecule has 0 saturated carbocycles. The Morgan fingerprint density at radius 3 is 2.29 bits per heavy atom. The number of hydrogen-bond acceptors (Lipinski definition) is 6. The highest BCUT2D eigenvalue weighted by Crippen LogP contribution is 2.52. The number of nitrogens with zero attached hydrogens (tertiary/aromatic N) is 2. The third kappa shape index (κ3) is 5.25. The summed E-state index contributed by atoms with van der Waals surface area (Å²) in [6, 6.07) is 10.4. The Morgan fingerprint density at radius 1 is 1.08 bits per heavy atom. The SMILES string of the molecule is CC[Si](CC)(CC)OC(C)[C@H]1C(=O)[N+]2(C(=O)OCc3ccc(OC)cc3)C=C(CN3CCCCC3)[C@H](C)[C@@H]12. The molecule has 7 nitrogen and oxygen atoms in total. The van der Waals surface area contributed by atoms with Crippen LogP contribution in [0.25, 0.3) is 0 Å². The van der Waals surface area contributed by atoms with E-state index in [2.05, 4.69) is 39.5 Å². The summed E-state index contributed by atoms with van der Waals surface area (Å²) in [7, 11) is -0.280. The van der Waals surface area contributed by atoms with Gasteiger partial charge in [-0.15, -0.1) is 4.48 Å². The molecule has 0 bridgehead atoms. The standard InChI is InChI=1S/C30H47N2O5Si/c1-7-38(8-2,9-3)37-23(5)27-28-22(4)25(19-31-17-11-10-12-18-31)20-32(28,29(27)33)30(34)36-21-24-13-15-26(35-6)16-14-24/h13-16,20,22-23,27-28H,7-12,17-19,21H2,1-6H3/q+1/t22-,23?,27+,28-,32?/m0/s1. The number of carbonyl (C=O) groups excluding carboxylic acids is 2. The Balaban J connectivity index is 1.57. The van der Waals surface area contributed by atoms with Crippen molar-refractivity contribution in [1.29, 1.82) is 0 Å². The molecule has 2 saturated heterocycles. The highest BCUT2D eigenvalue weighted by Gasteiger charge is 2.75. The molecule has 1 aromatic rings. The Hall–Kier alpha value is -2.00. The summed E-state index contributed by atoms with van der Waals surface area (Å²) in [6.07, 6.45) is 4.96. The van der Waals surface area contributed by atoms with Gasteiger partial charge in [-0.3, -0.25) is 4.90 Å². The van der Waals surface area contributed by atoms with E-state index in [0.717, 1.165) is 49.1 Å². The van der Waals surface area contributed by atoms with Crippen molar-refractivity contribution in [2.45, 2.75) is 90.8 Å². The third-order valence-corrected chi connectivity index (χ3v) is 14.2. The number of imide groups is 1. The molecule has 0 aromatic heterocycles. The molecule has 2 amide bonds. The van der Waals surface area contributed by atoms with E-state index in [1.165, 1.54) is 24.8 Å². The average Bonchev–Trinajstić information content (AvgIpc) is 3.19. The third-order valence-electron chi connectivity index (χ3n) is 9.51. The normalized spacial score (nSPS) is 28.3. The number of methoxy groups -OCH3 is 1. The van der Waals surface area contributed by atoms with Gasteiger partial charge in [0.25, 0.3) is 0 Å². The number of amides is 2. The van der Waals surface area contributed by atoms with Crippen LogP contribution in [0.2, 0.25) is 18.1 Å². The summed E-state index contributed by atoms with van der Waals surface area (Å²) in [5, 5.41) is 0. The highest BCUT2D eigenvalue weighted by atomic mass is 28.4. The number of likely N-dealkylation sites (tertiary alicyclic amines) is 1. The predicted molar refractivity (Wildman–Crippen MR) is 151 cm³/mol. The molecular weight excluding hydrogens is 496 g/mol. The van der Waals surface area contributed by atoms with Crippen LogP contribution in [0.15, 0.2) is 36.0 Å². The minimum Gasteiger partial charge on any atom is -0.497 e. The largest absolute Gasteiger partial charge is 0.529 e. The topological polar surface area (TPSA) is 65.1 Å². The van der Waals surface area contributed by atoms with Crippen LogP contribution < -0.4 is 4.74 Å². The first-order valence-corrected chi connectivity index (χ1v) is 17.1. The molecule has 3 aliphatic heterocycles. The van der Waals surface area contributed by atoms with Crippen molar-refractivity contribution in [3.63, 3.8) is 0 Å². The summed E-state index contributed by atoms with van der Waals surface area (Å²) in [6.45, 7) is 14.0. The highest BCUT2D eigenvalue weighted by molar-refractivity contribution is 6.73. The summed E-state index contributed by atoms with van der Waals surface area (Å²) >= 11 is 0. The maximum absolute atomic E-state index is 14.0. The van der Waals surface area contributed by atoms with E-state index in [4.69, 9.17) is 13.9 Å². The molecule has 8 heteroatoms. The first-order valence-electron chi connectivity index (χ1n) is 14.6. The zero-order valence-corrected chi connectivity index (χ0v) is 25.2.